The number of aromatic nitrogens is 2. The van der Waals surface area contributed by atoms with Gasteiger partial charge in [-0.2, -0.15) is 0 Å². The van der Waals surface area contributed by atoms with Crippen molar-refractivity contribution >= 4 is 11.7 Å². The molecule has 4 rings (SSSR count). The molecule has 172 valence electrons. The fourth-order valence-electron chi connectivity index (χ4n) is 4.39. The minimum Gasteiger partial charge on any atom is -0.390 e. The highest BCUT2D eigenvalue weighted by Crippen LogP contribution is 2.19. The Labute approximate surface area is 188 Å². The van der Waals surface area contributed by atoms with Crippen molar-refractivity contribution in [2.45, 2.75) is 44.7 Å². The molecule has 0 radical (unpaired) electrons. The number of aliphatic hydroxyl groups excluding tert-OH is 2. The molecular weight excluding hydrogens is 408 g/mol. The SMILES string of the molecule is CC(O)N1CC[C@H](Nc2cc(C(=O)NC[C@H](O)CN3CCc4ccccc4C3)ncn2)C1. The molecule has 2 aromatic rings. The van der Waals surface area contributed by atoms with Crippen LogP contribution in [-0.4, -0.2) is 87.0 Å². The fraction of sp³-hybridized carbons (Fsp3) is 0.522. The molecular formula is C23H32N6O3. The smallest absolute Gasteiger partial charge is 0.270 e. The van der Waals surface area contributed by atoms with Crippen LogP contribution in [-0.2, 0) is 13.0 Å². The standard InChI is InChI=1S/C23H32N6O3/c1-16(30)29-9-7-19(13-29)27-22-10-21(25-15-26-22)23(32)24-11-20(31)14-28-8-6-17-4-2-3-5-18(17)12-28/h2-5,10,15-16,19-20,30-31H,6-9,11-14H2,1H3,(H,24,32)(H,25,26,27)/t16?,19-,20-/m0/s1. The summed E-state index contributed by atoms with van der Waals surface area (Å²) in [5.74, 6) is 0.241. The zero-order valence-electron chi connectivity index (χ0n) is 18.4. The summed E-state index contributed by atoms with van der Waals surface area (Å²) in [6, 6.07) is 10.2. The first-order chi connectivity index (χ1) is 15.5. The summed E-state index contributed by atoms with van der Waals surface area (Å²) in [5, 5.41) is 26.2. The number of carbonyl (C=O) groups excluding carboxylic acids is 1. The minimum atomic E-state index is -0.659. The van der Waals surface area contributed by atoms with E-state index in [1.165, 1.54) is 17.5 Å². The molecule has 9 heteroatoms. The van der Waals surface area contributed by atoms with E-state index in [-0.39, 0.29) is 24.2 Å². The van der Waals surface area contributed by atoms with Crippen LogP contribution >= 0.6 is 0 Å². The van der Waals surface area contributed by atoms with Gasteiger partial charge in [-0.1, -0.05) is 24.3 Å². The van der Waals surface area contributed by atoms with E-state index in [4.69, 9.17) is 0 Å². The number of amides is 1. The number of carbonyl (C=O) groups is 1. The summed E-state index contributed by atoms with van der Waals surface area (Å²) >= 11 is 0. The van der Waals surface area contributed by atoms with E-state index in [0.717, 1.165) is 39.0 Å². The van der Waals surface area contributed by atoms with Gasteiger partial charge >= 0.3 is 0 Å². The van der Waals surface area contributed by atoms with Crippen LogP contribution in [0.15, 0.2) is 36.7 Å². The first-order valence-electron chi connectivity index (χ1n) is 11.2. The Morgan fingerprint density at radius 3 is 2.81 bits per heavy atom. The Balaban J connectivity index is 1.24. The summed E-state index contributed by atoms with van der Waals surface area (Å²) in [5.41, 5.74) is 2.93. The molecule has 4 N–H and O–H groups in total. The lowest BCUT2D eigenvalue weighted by Crippen LogP contribution is -2.42. The highest BCUT2D eigenvalue weighted by Gasteiger charge is 2.25. The molecule has 1 aromatic carbocycles. The van der Waals surface area contributed by atoms with Gasteiger partial charge in [0.05, 0.1) is 6.10 Å². The first-order valence-corrected chi connectivity index (χ1v) is 11.2. The number of fused-ring (bicyclic) bond motifs is 1. The van der Waals surface area contributed by atoms with Crippen LogP contribution in [0.2, 0.25) is 0 Å². The van der Waals surface area contributed by atoms with Crippen LogP contribution < -0.4 is 10.6 Å². The molecule has 1 amide bonds. The van der Waals surface area contributed by atoms with Crippen molar-refractivity contribution in [3.8, 4) is 0 Å². The fourth-order valence-corrected chi connectivity index (χ4v) is 4.39. The average molecular weight is 441 g/mol. The number of nitrogens with zero attached hydrogens (tertiary/aromatic N) is 4. The number of likely N-dealkylation sites (tertiary alicyclic amines) is 1. The highest BCUT2D eigenvalue weighted by atomic mass is 16.3. The van der Waals surface area contributed by atoms with Crippen molar-refractivity contribution in [3.05, 3.63) is 53.5 Å². The van der Waals surface area contributed by atoms with E-state index in [2.05, 4.69) is 43.7 Å². The van der Waals surface area contributed by atoms with Gasteiger partial charge in [-0.05, 0) is 30.9 Å². The van der Waals surface area contributed by atoms with Gasteiger partial charge in [0.2, 0.25) is 0 Å². The molecule has 3 atom stereocenters. The molecule has 32 heavy (non-hydrogen) atoms. The van der Waals surface area contributed by atoms with Crippen molar-refractivity contribution in [1.82, 2.24) is 25.1 Å². The second kappa shape index (κ2) is 10.4. The summed E-state index contributed by atoms with van der Waals surface area (Å²) < 4.78 is 0. The van der Waals surface area contributed by atoms with Gasteiger partial charge in [0.1, 0.15) is 24.1 Å². The molecule has 0 saturated carbocycles. The number of β-amino-alcohol motifs (C(OH)–C–C–N with tert-alkyl or cyclic N) is 1. The molecule has 1 saturated heterocycles. The second-order valence-electron chi connectivity index (χ2n) is 8.66. The maximum absolute atomic E-state index is 12.5. The van der Waals surface area contributed by atoms with Gasteiger partial charge in [0.25, 0.3) is 5.91 Å². The van der Waals surface area contributed by atoms with Crippen molar-refractivity contribution in [2.24, 2.45) is 0 Å². The Kier molecular flexibility index (Phi) is 7.31. The Bertz CT molecular complexity index is 924. The minimum absolute atomic E-state index is 0.159. The maximum Gasteiger partial charge on any atom is 0.270 e. The van der Waals surface area contributed by atoms with E-state index in [0.29, 0.717) is 12.4 Å². The molecule has 2 aliphatic rings. The van der Waals surface area contributed by atoms with Crippen molar-refractivity contribution in [2.75, 3.05) is 38.0 Å². The molecule has 3 heterocycles. The number of hydrogen-bond donors (Lipinski definition) is 4. The lowest BCUT2D eigenvalue weighted by Gasteiger charge is -2.30. The van der Waals surface area contributed by atoms with Crippen molar-refractivity contribution in [1.29, 1.82) is 0 Å². The van der Waals surface area contributed by atoms with E-state index < -0.39 is 12.3 Å². The zero-order chi connectivity index (χ0) is 22.5. The number of nitrogens with one attached hydrogen (secondary N) is 2. The van der Waals surface area contributed by atoms with E-state index in [9.17, 15) is 15.0 Å². The monoisotopic (exact) mass is 440 g/mol. The largest absolute Gasteiger partial charge is 0.390 e. The topological polar surface area (TPSA) is 114 Å². The van der Waals surface area contributed by atoms with Crippen LogP contribution in [0.5, 0.6) is 0 Å². The average Bonchev–Trinajstić information content (AvgIpc) is 3.26. The zero-order valence-corrected chi connectivity index (χ0v) is 18.4. The summed E-state index contributed by atoms with van der Waals surface area (Å²) in [6.45, 7) is 5.67. The third-order valence-corrected chi connectivity index (χ3v) is 6.18. The predicted octanol–water partition coefficient (Wildman–Crippen LogP) is 0.450. The Morgan fingerprint density at radius 1 is 1.22 bits per heavy atom. The molecule has 1 fully saturated rings. The van der Waals surface area contributed by atoms with Gasteiger partial charge in [0.15, 0.2) is 0 Å². The number of aliphatic hydroxyl groups is 2. The van der Waals surface area contributed by atoms with Crippen LogP contribution in [0.1, 0.15) is 35.0 Å². The number of anilines is 1. The predicted molar refractivity (Wildman–Crippen MR) is 121 cm³/mol. The quantitative estimate of drug-likeness (QED) is 0.468. The van der Waals surface area contributed by atoms with E-state index >= 15 is 0 Å². The molecule has 0 bridgehead atoms. The summed E-state index contributed by atoms with van der Waals surface area (Å²) in [7, 11) is 0. The third-order valence-electron chi connectivity index (χ3n) is 6.18. The van der Waals surface area contributed by atoms with Crippen LogP contribution in [0.3, 0.4) is 0 Å². The lowest BCUT2D eigenvalue weighted by atomic mass is 10.00. The van der Waals surface area contributed by atoms with Gasteiger partial charge in [0, 0.05) is 51.4 Å². The van der Waals surface area contributed by atoms with Crippen LogP contribution in [0, 0.1) is 0 Å². The van der Waals surface area contributed by atoms with Gasteiger partial charge in [-0.15, -0.1) is 0 Å². The third kappa shape index (κ3) is 5.80. The van der Waals surface area contributed by atoms with Gasteiger partial charge < -0.3 is 20.8 Å². The Morgan fingerprint density at radius 2 is 2.03 bits per heavy atom. The molecule has 0 aliphatic carbocycles. The Hall–Kier alpha value is -2.59. The van der Waals surface area contributed by atoms with E-state index in [1.54, 1.807) is 13.0 Å². The summed E-state index contributed by atoms with van der Waals surface area (Å²) in [6.07, 6.45) is 2.10. The molecule has 0 spiro atoms. The van der Waals surface area contributed by atoms with Crippen molar-refractivity contribution in [3.63, 3.8) is 0 Å². The number of benzene rings is 1. The number of rotatable bonds is 8. The highest BCUT2D eigenvalue weighted by molar-refractivity contribution is 5.92. The van der Waals surface area contributed by atoms with Crippen LogP contribution in [0.25, 0.3) is 0 Å². The second-order valence-corrected chi connectivity index (χ2v) is 8.66. The summed E-state index contributed by atoms with van der Waals surface area (Å²) in [4.78, 5) is 25.0. The lowest BCUT2D eigenvalue weighted by molar-refractivity contribution is 0.0363. The molecule has 1 unspecified atom stereocenters. The van der Waals surface area contributed by atoms with Gasteiger partial charge in [-0.25, -0.2) is 9.97 Å². The molecule has 9 nitrogen and oxygen atoms in total. The van der Waals surface area contributed by atoms with E-state index in [1.807, 2.05) is 11.0 Å². The maximum atomic E-state index is 12.5. The first kappa shape index (κ1) is 22.6. The normalized spacial score (nSPS) is 21.0. The van der Waals surface area contributed by atoms with Crippen molar-refractivity contribution < 1.29 is 15.0 Å². The van der Waals surface area contributed by atoms with Crippen LogP contribution in [0.4, 0.5) is 5.82 Å². The number of hydrogen-bond acceptors (Lipinski definition) is 8. The van der Waals surface area contributed by atoms with Gasteiger partial charge in [-0.3, -0.25) is 14.6 Å². The molecule has 1 aromatic heterocycles. The molecule has 2 aliphatic heterocycles.